The SMILES string of the molecule is Cc1csc(N2CC(O)C(O)C2)n1. The smallest absolute Gasteiger partial charge is 0.185 e. The molecule has 1 saturated heterocycles. The number of aryl methyl sites for hydroxylation is 1. The molecule has 0 amide bonds. The molecule has 5 heteroatoms. The Kier molecular flexibility index (Phi) is 2.23. The van der Waals surface area contributed by atoms with Crippen LogP contribution in [0, 0.1) is 6.92 Å². The Hall–Kier alpha value is -0.650. The minimum Gasteiger partial charge on any atom is -0.389 e. The van der Waals surface area contributed by atoms with Crippen molar-refractivity contribution in [2.45, 2.75) is 19.1 Å². The van der Waals surface area contributed by atoms with E-state index in [-0.39, 0.29) is 0 Å². The molecule has 72 valence electrons. The summed E-state index contributed by atoms with van der Waals surface area (Å²) in [5.41, 5.74) is 0.982. The van der Waals surface area contributed by atoms with Gasteiger partial charge in [-0.3, -0.25) is 0 Å². The predicted octanol–water partition coefficient (Wildman–Crippen LogP) is -0.00668. The molecule has 1 fully saturated rings. The van der Waals surface area contributed by atoms with Crippen molar-refractivity contribution in [1.29, 1.82) is 0 Å². The molecule has 0 bridgehead atoms. The van der Waals surface area contributed by atoms with Gasteiger partial charge in [0.1, 0.15) is 0 Å². The van der Waals surface area contributed by atoms with Crippen LogP contribution in [0.15, 0.2) is 5.38 Å². The van der Waals surface area contributed by atoms with Crippen molar-refractivity contribution >= 4 is 16.5 Å². The first-order valence-corrected chi connectivity index (χ1v) is 5.08. The average Bonchev–Trinajstić information content (AvgIpc) is 2.61. The minimum absolute atomic E-state index is 0.480. The quantitative estimate of drug-likeness (QED) is 0.669. The number of hydrogen-bond acceptors (Lipinski definition) is 5. The fraction of sp³-hybridized carbons (Fsp3) is 0.625. The van der Waals surface area contributed by atoms with Gasteiger partial charge in [0.15, 0.2) is 5.13 Å². The monoisotopic (exact) mass is 200 g/mol. The summed E-state index contributed by atoms with van der Waals surface area (Å²) < 4.78 is 0. The van der Waals surface area contributed by atoms with Gasteiger partial charge in [-0.15, -0.1) is 11.3 Å². The molecule has 1 aliphatic rings. The first-order valence-electron chi connectivity index (χ1n) is 4.20. The number of anilines is 1. The summed E-state index contributed by atoms with van der Waals surface area (Å²) >= 11 is 1.54. The van der Waals surface area contributed by atoms with E-state index >= 15 is 0 Å². The number of aliphatic hydroxyl groups is 2. The number of nitrogens with zero attached hydrogens (tertiary/aromatic N) is 2. The molecule has 13 heavy (non-hydrogen) atoms. The second-order valence-corrected chi connectivity index (χ2v) is 4.15. The molecule has 1 aromatic heterocycles. The number of aliphatic hydroxyl groups excluding tert-OH is 2. The Morgan fingerprint density at radius 2 is 2.08 bits per heavy atom. The van der Waals surface area contributed by atoms with Crippen molar-refractivity contribution in [3.8, 4) is 0 Å². The molecular formula is C8H12N2O2S. The van der Waals surface area contributed by atoms with Gasteiger partial charge < -0.3 is 15.1 Å². The van der Waals surface area contributed by atoms with Crippen molar-refractivity contribution in [3.63, 3.8) is 0 Å². The Morgan fingerprint density at radius 3 is 2.54 bits per heavy atom. The van der Waals surface area contributed by atoms with Gasteiger partial charge in [-0.2, -0.15) is 0 Å². The lowest BCUT2D eigenvalue weighted by Gasteiger charge is -2.12. The van der Waals surface area contributed by atoms with Crippen molar-refractivity contribution in [2.75, 3.05) is 18.0 Å². The summed E-state index contributed by atoms with van der Waals surface area (Å²) in [6, 6.07) is 0. The van der Waals surface area contributed by atoms with E-state index in [0.717, 1.165) is 10.8 Å². The van der Waals surface area contributed by atoms with Gasteiger partial charge in [0.2, 0.25) is 0 Å². The van der Waals surface area contributed by atoms with Crippen LogP contribution in [0.3, 0.4) is 0 Å². The normalized spacial score (nSPS) is 28.4. The first-order chi connectivity index (χ1) is 6.16. The first kappa shape index (κ1) is 8.93. The van der Waals surface area contributed by atoms with E-state index in [2.05, 4.69) is 4.98 Å². The highest BCUT2D eigenvalue weighted by atomic mass is 32.1. The van der Waals surface area contributed by atoms with Crippen LogP contribution < -0.4 is 4.90 Å². The molecule has 0 saturated carbocycles. The summed E-state index contributed by atoms with van der Waals surface area (Å²) in [5.74, 6) is 0. The largest absolute Gasteiger partial charge is 0.389 e. The molecule has 4 nitrogen and oxygen atoms in total. The molecule has 2 rings (SSSR count). The van der Waals surface area contributed by atoms with E-state index in [4.69, 9.17) is 0 Å². The fourth-order valence-electron chi connectivity index (χ4n) is 1.41. The molecule has 2 unspecified atom stereocenters. The number of thiazole rings is 1. The van der Waals surface area contributed by atoms with Gasteiger partial charge in [-0.25, -0.2) is 4.98 Å². The van der Waals surface area contributed by atoms with Gasteiger partial charge in [0, 0.05) is 18.5 Å². The van der Waals surface area contributed by atoms with E-state index < -0.39 is 12.2 Å². The topological polar surface area (TPSA) is 56.6 Å². The predicted molar refractivity (Wildman–Crippen MR) is 51.1 cm³/mol. The van der Waals surface area contributed by atoms with Crippen LogP contribution in [0.25, 0.3) is 0 Å². The van der Waals surface area contributed by atoms with E-state index in [0.29, 0.717) is 13.1 Å². The summed E-state index contributed by atoms with van der Waals surface area (Å²) in [7, 11) is 0. The molecule has 2 heterocycles. The number of β-amino-alcohol motifs (C(OH)–C–C–N with tert-alkyl or cyclic N) is 2. The molecular weight excluding hydrogens is 188 g/mol. The van der Waals surface area contributed by atoms with E-state index in [1.807, 2.05) is 17.2 Å². The van der Waals surface area contributed by atoms with Gasteiger partial charge in [0.25, 0.3) is 0 Å². The average molecular weight is 200 g/mol. The summed E-state index contributed by atoms with van der Waals surface area (Å²) in [5, 5.41) is 21.5. The Labute approximate surface area is 80.5 Å². The van der Waals surface area contributed by atoms with Crippen LogP contribution in [-0.2, 0) is 0 Å². The lowest BCUT2D eigenvalue weighted by atomic mass is 10.3. The van der Waals surface area contributed by atoms with Crippen molar-refractivity contribution in [1.82, 2.24) is 4.98 Å². The molecule has 1 aromatic rings. The fourth-order valence-corrected chi connectivity index (χ4v) is 2.24. The standard InChI is InChI=1S/C8H12N2O2S/c1-5-4-13-8(9-5)10-2-6(11)7(12)3-10/h4,6-7,11-12H,2-3H2,1H3. The summed E-state index contributed by atoms with van der Waals surface area (Å²) in [6.45, 7) is 2.89. The van der Waals surface area contributed by atoms with Crippen LogP contribution in [0.1, 0.15) is 5.69 Å². The number of hydrogen-bond donors (Lipinski definition) is 2. The molecule has 0 aliphatic carbocycles. The van der Waals surface area contributed by atoms with E-state index in [9.17, 15) is 10.2 Å². The summed E-state index contributed by atoms with van der Waals surface area (Å²) in [4.78, 5) is 6.19. The lowest BCUT2D eigenvalue weighted by molar-refractivity contribution is 0.0572. The molecule has 0 radical (unpaired) electrons. The van der Waals surface area contributed by atoms with Gasteiger partial charge >= 0.3 is 0 Å². The third-order valence-electron chi connectivity index (χ3n) is 2.14. The maximum atomic E-state index is 9.32. The molecule has 1 aliphatic heterocycles. The van der Waals surface area contributed by atoms with Crippen molar-refractivity contribution in [3.05, 3.63) is 11.1 Å². The molecule has 0 spiro atoms. The Morgan fingerprint density at radius 1 is 1.46 bits per heavy atom. The number of rotatable bonds is 1. The maximum Gasteiger partial charge on any atom is 0.185 e. The van der Waals surface area contributed by atoms with Crippen LogP contribution in [0.4, 0.5) is 5.13 Å². The van der Waals surface area contributed by atoms with Gasteiger partial charge in [-0.1, -0.05) is 0 Å². The second kappa shape index (κ2) is 3.25. The minimum atomic E-state index is -0.635. The third-order valence-corrected chi connectivity index (χ3v) is 3.16. The third kappa shape index (κ3) is 1.67. The van der Waals surface area contributed by atoms with E-state index in [1.165, 1.54) is 0 Å². The van der Waals surface area contributed by atoms with Crippen LogP contribution >= 0.6 is 11.3 Å². The van der Waals surface area contributed by atoms with Crippen LogP contribution in [-0.4, -0.2) is 40.5 Å². The highest BCUT2D eigenvalue weighted by Crippen LogP contribution is 2.24. The molecule has 0 aromatic carbocycles. The maximum absolute atomic E-state index is 9.32. The zero-order chi connectivity index (χ0) is 9.42. The Balaban J connectivity index is 2.11. The van der Waals surface area contributed by atoms with Crippen molar-refractivity contribution in [2.24, 2.45) is 0 Å². The van der Waals surface area contributed by atoms with Crippen molar-refractivity contribution < 1.29 is 10.2 Å². The highest BCUT2D eigenvalue weighted by molar-refractivity contribution is 7.13. The zero-order valence-electron chi connectivity index (χ0n) is 7.34. The highest BCUT2D eigenvalue weighted by Gasteiger charge is 2.30. The zero-order valence-corrected chi connectivity index (χ0v) is 8.16. The molecule has 2 N–H and O–H groups in total. The Bertz CT molecular complexity index is 292. The van der Waals surface area contributed by atoms with E-state index in [1.54, 1.807) is 11.3 Å². The van der Waals surface area contributed by atoms with Gasteiger partial charge in [-0.05, 0) is 6.92 Å². The number of aromatic nitrogens is 1. The van der Waals surface area contributed by atoms with Crippen LogP contribution in [0.2, 0.25) is 0 Å². The second-order valence-electron chi connectivity index (χ2n) is 3.31. The van der Waals surface area contributed by atoms with Gasteiger partial charge in [0.05, 0.1) is 17.9 Å². The lowest BCUT2D eigenvalue weighted by Crippen LogP contribution is -2.22. The van der Waals surface area contributed by atoms with Crippen LogP contribution in [0.5, 0.6) is 0 Å². The molecule has 2 atom stereocenters. The summed E-state index contributed by atoms with van der Waals surface area (Å²) in [6.07, 6.45) is -1.27.